The molecule has 206 valence electrons. The molecule has 0 saturated carbocycles. The molecule has 0 radical (unpaired) electrons. The van der Waals surface area contributed by atoms with Gasteiger partial charge in [0, 0.05) is 26.0 Å². The predicted molar refractivity (Wildman–Crippen MR) is 163 cm³/mol. The van der Waals surface area contributed by atoms with Crippen LogP contribution in [0.1, 0.15) is 66.3 Å². The Bertz CT molecular complexity index is 1410. The van der Waals surface area contributed by atoms with Crippen LogP contribution in [0.4, 0.5) is 11.5 Å². The van der Waals surface area contributed by atoms with Crippen molar-refractivity contribution in [3.63, 3.8) is 0 Å². The number of benzene rings is 3. The number of amides is 1. The normalized spacial score (nSPS) is 14.5. The van der Waals surface area contributed by atoms with Gasteiger partial charge in [0.15, 0.2) is 0 Å². The molecule has 0 spiro atoms. The van der Waals surface area contributed by atoms with Crippen molar-refractivity contribution in [1.29, 1.82) is 0 Å². The van der Waals surface area contributed by atoms with Gasteiger partial charge in [-0.05, 0) is 77.3 Å². The Morgan fingerprint density at radius 3 is 2.38 bits per heavy atom. The lowest BCUT2D eigenvalue weighted by atomic mass is 9.81. The average molecular weight is 534 g/mol. The van der Waals surface area contributed by atoms with Gasteiger partial charge in [-0.3, -0.25) is 4.79 Å². The molecule has 1 amide bonds. The van der Waals surface area contributed by atoms with E-state index in [0.29, 0.717) is 19.1 Å². The number of nitrogens with zero attached hydrogens (tertiary/aromatic N) is 3. The summed E-state index contributed by atoms with van der Waals surface area (Å²) in [6.45, 7) is 5.36. The van der Waals surface area contributed by atoms with Gasteiger partial charge in [-0.15, -0.1) is 0 Å². The number of hydrogen-bond acceptors (Lipinski definition) is 4. The highest BCUT2D eigenvalue weighted by Gasteiger charge is 2.32. The second-order valence-corrected chi connectivity index (χ2v) is 11.1. The summed E-state index contributed by atoms with van der Waals surface area (Å²) < 4.78 is 6.29. The summed E-state index contributed by atoms with van der Waals surface area (Å²) >= 11 is 0. The van der Waals surface area contributed by atoms with Gasteiger partial charge >= 0.3 is 0 Å². The van der Waals surface area contributed by atoms with Crippen molar-refractivity contribution >= 4 is 17.4 Å². The third kappa shape index (κ3) is 6.20. The highest BCUT2D eigenvalue weighted by atomic mass is 16.5. The number of carbonyl (C=O) groups is 1. The molecule has 5 rings (SSSR count). The van der Waals surface area contributed by atoms with Crippen LogP contribution in [0.3, 0.4) is 0 Å². The quantitative estimate of drug-likeness (QED) is 0.223. The molecule has 4 aromatic rings. The van der Waals surface area contributed by atoms with Crippen molar-refractivity contribution in [2.24, 2.45) is 0 Å². The van der Waals surface area contributed by atoms with Crippen LogP contribution in [-0.2, 0) is 24.4 Å². The van der Waals surface area contributed by atoms with Gasteiger partial charge in [0.05, 0.1) is 12.5 Å². The fraction of sp³-hybridized carbons (Fsp3) is 0.314. The summed E-state index contributed by atoms with van der Waals surface area (Å²) in [7, 11) is 3.96. The smallest absolute Gasteiger partial charge is 0.234 e. The van der Waals surface area contributed by atoms with Crippen molar-refractivity contribution in [1.82, 2.24) is 4.98 Å². The van der Waals surface area contributed by atoms with Gasteiger partial charge in [0.1, 0.15) is 18.2 Å². The molecule has 3 aromatic carbocycles. The molecule has 1 aromatic heterocycles. The summed E-state index contributed by atoms with van der Waals surface area (Å²) in [5.41, 5.74) is 6.56. The van der Waals surface area contributed by atoms with E-state index in [1.807, 2.05) is 66.5 Å². The fourth-order valence-corrected chi connectivity index (χ4v) is 5.42. The van der Waals surface area contributed by atoms with Crippen LogP contribution in [0.25, 0.3) is 0 Å². The van der Waals surface area contributed by atoms with E-state index in [1.54, 1.807) is 0 Å². The average Bonchev–Trinajstić information content (AvgIpc) is 2.99. The lowest BCUT2D eigenvalue weighted by Gasteiger charge is -2.32. The first kappa shape index (κ1) is 27.4. The van der Waals surface area contributed by atoms with Gasteiger partial charge in [-0.1, -0.05) is 74.5 Å². The van der Waals surface area contributed by atoms with E-state index in [-0.39, 0.29) is 11.8 Å². The Morgan fingerprint density at radius 1 is 0.925 bits per heavy atom. The van der Waals surface area contributed by atoms with Gasteiger partial charge in [-0.2, -0.15) is 0 Å². The molecule has 1 heterocycles. The predicted octanol–water partition coefficient (Wildman–Crippen LogP) is 7.50. The van der Waals surface area contributed by atoms with E-state index >= 15 is 0 Å². The number of ether oxygens (including phenoxy) is 1. The van der Waals surface area contributed by atoms with Crippen molar-refractivity contribution in [2.75, 3.05) is 23.9 Å². The molecule has 0 fully saturated rings. The zero-order valence-corrected chi connectivity index (χ0v) is 24.0. The van der Waals surface area contributed by atoms with E-state index in [2.05, 4.69) is 67.4 Å². The summed E-state index contributed by atoms with van der Waals surface area (Å²) in [5.74, 6) is 2.11. The molecule has 5 heteroatoms. The molecule has 0 aliphatic heterocycles. The zero-order chi connectivity index (χ0) is 28.1. The minimum atomic E-state index is -0.220. The van der Waals surface area contributed by atoms with Crippen LogP contribution < -0.4 is 14.5 Å². The second kappa shape index (κ2) is 12.4. The van der Waals surface area contributed by atoms with Crippen LogP contribution in [0.2, 0.25) is 0 Å². The SMILES string of the molecule is CC(C)c1ccc(N(Cc2ccc(N(C)C)nc2)C(=O)C2CCCc3c(OCc4ccccc4)cccc32)cc1. The third-order valence-electron chi connectivity index (χ3n) is 7.74. The largest absolute Gasteiger partial charge is 0.489 e. The molecule has 0 N–H and O–H groups in total. The minimum absolute atomic E-state index is 0.121. The summed E-state index contributed by atoms with van der Waals surface area (Å²) in [4.78, 5) is 22.9. The highest BCUT2D eigenvalue weighted by molar-refractivity contribution is 5.98. The van der Waals surface area contributed by atoms with Crippen molar-refractivity contribution < 1.29 is 9.53 Å². The number of anilines is 2. The van der Waals surface area contributed by atoms with E-state index in [1.165, 1.54) is 5.56 Å². The maximum atomic E-state index is 14.4. The standard InChI is InChI=1S/C35H39N3O2/c1-25(2)28-17-19-29(20-18-28)38(23-27-16-21-34(36-22-27)37(3)4)35(39)32-14-8-13-31-30(32)12-9-15-33(31)40-24-26-10-6-5-7-11-26/h5-7,9-12,15-22,25,32H,8,13-14,23-24H2,1-4H3. The van der Waals surface area contributed by atoms with Gasteiger partial charge in [-0.25, -0.2) is 4.98 Å². The Balaban J connectivity index is 1.44. The number of hydrogen-bond donors (Lipinski definition) is 0. The Morgan fingerprint density at radius 2 is 1.70 bits per heavy atom. The van der Waals surface area contributed by atoms with Gasteiger partial charge in [0.25, 0.3) is 0 Å². The molecule has 1 unspecified atom stereocenters. The fourth-order valence-electron chi connectivity index (χ4n) is 5.42. The number of fused-ring (bicyclic) bond motifs is 1. The number of pyridine rings is 1. The van der Waals surface area contributed by atoms with Gasteiger partial charge in [0.2, 0.25) is 5.91 Å². The molecule has 0 saturated heterocycles. The van der Waals surface area contributed by atoms with Crippen molar-refractivity contribution in [2.45, 2.75) is 58.1 Å². The molecule has 1 aliphatic carbocycles. The molecular weight excluding hydrogens is 494 g/mol. The third-order valence-corrected chi connectivity index (χ3v) is 7.74. The minimum Gasteiger partial charge on any atom is -0.489 e. The molecule has 0 bridgehead atoms. The van der Waals surface area contributed by atoms with Crippen molar-refractivity contribution in [3.8, 4) is 5.75 Å². The van der Waals surface area contributed by atoms with Crippen molar-refractivity contribution in [3.05, 3.63) is 119 Å². The monoisotopic (exact) mass is 533 g/mol. The summed E-state index contributed by atoms with van der Waals surface area (Å²) in [5, 5.41) is 0. The van der Waals surface area contributed by atoms with Crippen LogP contribution >= 0.6 is 0 Å². The number of carbonyl (C=O) groups excluding carboxylic acids is 1. The molecule has 40 heavy (non-hydrogen) atoms. The first-order valence-electron chi connectivity index (χ1n) is 14.2. The van der Waals surface area contributed by atoms with Gasteiger partial charge < -0.3 is 14.5 Å². The molecule has 5 nitrogen and oxygen atoms in total. The lowest BCUT2D eigenvalue weighted by molar-refractivity contribution is -0.120. The topological polar surface area (TPSA) is 45.7 Å². The summed E-state index contributed by atoms with van der Waals surface area (Å²) in [6, 6.07) is 28.9. The Labute approximate surface area is 238 Å². The number of rotatable bonds is 9. The maximum absolute atomic E-state index is 14.4. The molecular formula is C35H39N3O2. The Kier molecular flexibility index (Phi) is 8.49. The molecule has 1 aliphatic rings. The zero-order valence-electron chi connectivity index (χ0n) is 24.0. The lowest BCUT2D eigenvalue weighted by Crippen LogP contribution is -2.36. The maximum Gasteiger partial charge on any atom is 0.234 e. The Hall–Kier alpha value is -4.12. The van der Waals surface area contributed by atoms with E-state index in [9.17, 15) is 4.79 Å². The van der Waals surface area contributed by atoms with E-state index < -0.39 is 0 Å². The number of aromatic nitrogens is 1. The first-order valence-corrected chi connectivity index (χ1v) is 14.2. The highest BCUT2D eigenvalue weighted by Crippen LogP contribution is 2.39. The first-order chi connectivity index (χ1) is 19.4. The van der Waals surface area contributed by atoms with E-state index in [4.69, 9.17) is 4.74 Å². The summed E-state index contributed by atoms with van der Waals surface area (Å²) in [6.07, 6.45) is 4.58. The van der Waals surface area contributed by atoms with Crippen LogP contribution in [-0.4, -0.2) is 25.0 Å². The van der Waals surface area contributed by atoms with Crippen LogP contribution in [0.15, 0.2) is 91.1 Å². The molecule has 1 atom stereocenters. The second-order valence-electron chi connectivity index (χ2n) is 11.1. The van der Waals surface area contributed by atoms with E-state index in [0.717, 1.165) is 58.8 Å². The van der Waals surface area contributed by atoms with Crippen LogP contribution in [0, 0.1) is 0 Å². The van der Waals surface area contributed by atoms with Crippen LogP contribution in [0.5, 0.6) is 5.75 Å².